The molecule has 0 bridgehead atoms. The Labute approximate surface area is 163 Å². The minimum atomic E-state index is -0.334. The van der Waals surface area contributed by atoms with Crippen LogP contribution in [0, 0.1) is 17.7 Å². The summed E-state index contributed by atoms with van der Waals surface area (Å²) in [6.45, 7) is 2.13. The Balaban J connectivity index is 1.27. The van der Waals surface area contributed by atoms with Crippen LogP contribution in [0.25, 0.3) is 0 Å². The predicted octanol–water partition coefficient (Wildman–Crippen LogP) is 4.38. The van der Waals surface area contributed by atoms with E-state index in [9.17, 15) is 9.50 Å². The largest absolute Gasteiger partial charge is 0.508 e. The van der Waals surface area contributed by atoms with Gasteiger partial charge in [0.25, 0.3) is 0 Å². The summed E-state index contributed by atoms with van der Waals surface area (Å²) in [7, 11) is 1.57. The molecular weight excluding hydrogens is 365 g/mol. The summed E-state index contributed by atoms with van der Waals surface area (Å²) >= 11 is 1.79. The van der Waals surface area contributed by atoms with Gasteiger partial charge >= 0.3 is 0 Å². The quantitative estimate of drug-likeness (QED) is 0.743. The molecule has 3 atom stereocenters. The van der Waals surface area contributed by atoms with Crippen molar-refractivity contribution in [3.63, 3.8) is 0 Å². The number of hydrogen-bond acceptors (Lipinski definition) is 5. The fourth-order valence-corrected chi connectivity index (χ4v) is 5.00. The summed E-state index contributed by atoms with van der Waals surface area (Å²) < 4.78 is 25.1. The van der Waals surface area contributed by atoms with E-state index in [-0.39, 0.29) is 11.9 Å². The van der Waals surface area contributed by atoms with Crippen molar-refractivity contribution in [2.75, 3.05) is 26.1 Å². The first-order chi connectivity index (χ1) is 13.1. The third kappa shape index (κ3) is 4.33. The Hall–Kier alpha value is -1.92. The van der Waals surface area contributed by atoms with Crippen molar-refractivity contribution in [3.05, 3.63) is 48.3 Å². The van der Waals surface area contributed by atoms with E-state index in [0.717, 1.165) is 31.8 Å². The molecule has 4 rings (SSSR count). The van der Waals surface area contributed by atoms with Crippen LogP contribution in [0.1, 0.15) is 12.8 Å². The molecule has 4 nitrogen and oxygen atoms in total. The van der Waals surface area contributed by atoms with E-state index in [0.29, 0.717) is 29.1 Å². The smallest absolute Gasteiger partial charge is 0.165 e. The number of hydrogen-bond donors (Lipinski definition) is 1. The Morgan fingerprint density at radius 3 is 2.48 bits per heavy atom. The number of methoxy groups -OCH3 is 1. The van der Waals surface area contributed by atoms with Gasteiger partial charge in [-0.2, -0.15) is 0 Å². The van der Waals surface area contributed by atoms with Crippen LogP contribution in [0.5, 0.6) is 17.2 Å². The zero-order chi connectivity index (χ0) is 18.8. The summed E-state index contributed by atoms with van der Waals surface area (Å²) in [5, 5.41) is 9.36. The van der Waals surface area contributed by atoms with E-state index in [1.807, 2.05) is 12.1 Å². The number of phenolic OH excluding ortho intramolecular Hbond substituents is 1. The van der Waals surface area contributed by atoms with E-state index in [2.05, 4.69) is 4.90 Å². The van der Waals surface area contributed by atoms with Crippen molar-refractivity contribution in [2.24, 2.45) is 11.8 Å². The first-order valence-corrected chi connectivity index (χ1v) is 10.2. The lowest BCUT2D eigenvalue weighted by Crippen LogP contribution is -2.24. The summed E-state index contributed by atoms with van der Waals surface area (Å²) in [5.41, 5.74) is 0. The molecule has 0 aromatic heterocycles. The molecule has 2 aromatic rings. The number of phenols is 1. The second kappa shape index (κ2) is 7.98. The SMILES string of the molecule is COc1ccc(F)c(O[C@H]2C[C@@H]3CN(CSc4ccc(O)cc4)C[C@@H]3C2)c1. The van der Waals surface area contributed by atoms with Crippen LogP contribution in [0.2, 0.25) is 0 Å². The molecule has 0 spiro atoms. The normalized spacial score (nSPS) is 24.7. The van der Waals surface area contributed by atoms with Gasteiger partial charge in [-0.3, -0.25) is 4.90 Å². The van der Waals surface area contributed by atoms with Crippen LogP contribution in [-0.2, 0) is 0 Å². The monoisotopic (exact) mass is 389 g/mol. The number of thioether (sulfide) groups is 1. The van der Waals surface area contributed by atoms with Gasteiger partial charge in [0, 0.05) is 29.9 Å². The number of aromatic hydroxyl groups is 1. The Kier molecular flexibility index (Phi) is 5.45. The molecule has 1 aliphatic heterocycles. The maximum absolute atomic E-state index is 14.0. The van der Waals surface area contributed by atoms with Crippen molar-refractivity contribution in [3.8, 4) is 17.2 Å². The fraction of sp³-hybridized carbons (Fsp3) is 0.429. The van der Waals surface area contributed by atoms with Gasteiger partial charge in [-0.25, -0.2) is 4.39 Å². The van der Waals surface area contributed by atoms with Gasteiger partial charge < -0.3 is 14.6 Å². The molecule has 2 fully saturated rings. The summed E-state index contributed by atoms with van der Waals surface area (Å²) in [4.78, 5) is 3.65. The molecule has 2 aromatic carbocycles. The minimum Gasteiger partial charge on any atom is -0.508 e. The van der Waals surface area contributed by atoms with Gasteiger partial charge in [0.2, 0.25) is 0 Å². The number of halogens is 1. The molecule has 1 saturated carbocycles. The van der Waals surface area contributed by atoms with Gasteiger partial charge in [0.15, 0.2) is 11.6 Å². The van der Waals surface area contributed by atoms with Crippen LogP contribution in [-0.4, -0.2) is 42.2 Å². The Bertz CT molecular complexity index is 771. The minimum absolute atomic E-state index is 0.0773. The van der Waals surface area contributed by atoms with Gasteiger partial charge in [-0.1, -0.05) is 0 Å². The van der Waals surface area contributed by atoms with Crippen molar-refractivity contribution in [1.29, 1.82) is 0 Å². The Morgan fingerprint density at radius 2 is 1.81 bits per heavy atom. The summed E-state index contributed by atoms with van der Waals surface area (Å²) in [5.74, 6) is 3.05. The molecule has 144 valence electrons. The molecular formula is C21H24FNO3S. The number of rotatable bonds is 6. The highest BCUT2D eigenvalue weighted by molar-refractivity contribution is 7.99. The average molecular weight is 389 g/mol. The molecule has 0 radical (unpaired) electrons. The first-order valence-electron chi connectivity index (χ1n) is 9.25. The number of likely N-dealkylation sites (tertiary alicyclic amines) is 1. The number of fused-ring (bicyclic) bond motifs is 1. The molecule has 2 aliphatic rings. The molecule has 0 unspecified atom stereocenters. The Morgan fingerprint density at radius 1 is 1.11 bits per heavy atom. The molecule has 1 heterocycles. The van der Waals surface area contributed by atoms with Crippen LogP contribution in [0.4, 0.5) is 4.39 Å². The molecule has 0 amide bonds. The zero-order valence-corrected chi connectivity index (χ0v) is 16.1. The van der Waals surface area contributed by atoms with Crippen LogP contribution in [0.15, 0.2) is 47.4 Å². The van der Waals surface area contributed by atoms with E-state index >= 15 is 0 Å². The molecule has 1 N–H and O–H groups in total. The highest BCUT2D eigenvalue weighted by atomic mass is 32.2. The van der Waals surface area contributed by atoms with Crippen molar-refractivity contribution >= 4 is 11.8 Å². The van der Waals surface area contributed by atoms with E-state index < -0.39 is 0 Å². The van der Waals surface area contributed by atoms with Crippen LogP contribution in [0.3, 0.4) is 0 Å². The lowest BCUT2D eigenvalue weighted by Gasteiger charge is -2.20. The van der Waals surface area contributed by atoms with E-state index in [1.54, 1.807) is 43.1 Å². The maximum atomic E-state index is 14.0. The highest BCUT2D eigenvalue weighted by Crippen LogP contribution is 2.41. The molecule has 1 aliphatic carbocycles. The second-order valence-corrected chi connectivity index (χ2v) is 8.35. The predicted molar refractivity (Wildman–Crippen MR) is 104 cm³/mol. The highest BCUT2D eigenvalue weighted by Gasteiger charge is 2.41. The van der Waals surface area contributed by atoms with Gasteiger partial charge in [0.05, 0.1) is 13.2 Å². The maximum Gasteiger partial charge on any atom is 0.165 e. The molecule has 6 heteroatoms. The van der Waals surface area contributed by atoms with Gasteiger partial charge in [-0.15, -0.1) is 11.8 Å². The third-order valence-electron chi connectivity index (χ3n) is 5.47. The van der Waals surface area contributed by atoms with Crippen molar-refractivity contribution < 1.29 is 19.0 Å². The third-order valence-corrected chi connectivity index (χ3v) is 6.57. The standard InChI is InChI=1S/C21H24FNO3S/c1-25-17-4-7-20(22)21(10-17)26-18-8-14-11-23(12-15(14)9-18)13-27-19-5-2-16(24)3-6-19/h2-7,10,14-15,18,24H,8-9,11-13H2,1H3/t14-,15+,18+. The van der Waals surface area contributed by atoms with E-state index in [1.165, 1.54) is 11.0 Å². The molecule has 27 heavy (non-hydrogen) atoms. The first kappa shape index (κ1) is 18.4. The van der Waals surface area contributed by atoms with Crippen molar-refractivity contribution in [2.45, 2.75) is 23.8 Å². The zero-order valence-electron chi connectivity index (χ0n) is 15.3. The summed E-state index contributed by atoms with van der Waals surface area (Å²) in [6.07, 6.45) is 2.03. The number of ether oxygens (including phenoxy) is 2. The van der Waals surface area contributed by atoms with Gasteiger partial charge in [-0.05, 0) is 61.1 Å². The topological polar surface area (TPSA) is 41.9 Å². The fourth-order valence-electron chi connectivity index (χ4n) is 4.13. The van der Waals surface area contributed by atoms with Gasteiger partial charge in [0.1, 0.15) is 11.5 Å². The summed E-state index contributed by atoms with van der Waals surface area (Å²) in [6, 6.07) is 12.0. The number of benzene rings is 2. The van der Waals surface area contributed by atoms with Crippen LogP contribution < -0.4 is 9.47 Å². The lowest BCUT2D eigenvalue weighted by atomic mass is 10.0. The number of nitrogens with zero attached hydrogens (tertiary/aromatic N) is 1. The van der Waals surface area contributed by atoms with Crippen molar-refractivity contribution in [1.82, 2.24) is 4.90 Å². The second-order valence-electron chi connectivity index (χ2n) is 7.33. The molecule has 1 saturated heterocycles. The average Bonchev–Trinajstić information content (AvgIpc) is 3.21. The van der Waals surface area contributed by atoms with E-state index in [4.69, 9.17) is 9.47 Å². The lowest BCUT2D eigenvalue weighted by molar-refractivity contribution is 0.181. The van der Waals surface area contributed by atoms with Crippen LogP contribution >= 0.6 is 11.8 Å².